The summed E-state index contributed by atoms with van der Waals surface area (Å²) in [6.45, 7) is 2.10. The van der Waals surface area contributed by atoms with Gasteiger partial charge in [-0.1, -0.05) is 18.2 Å². The van der Waals surface area contributed by atoms with E-state index in [0.717, 1.165) is 24.2 Å². The molecular weight excluding hydrogens is 336 g/mol. The van der Waals surface area contributed by atoms with Gasteiger partial charge in [-0.2, -0.15) is 0 Å². The van der Waals surface area contributed by atoms with E-state index in [-0.39, 0.29) is 30.2 Å². The Morgan fingerprint density at radius 3 is 3.00 bits per heavy atom. The third-order valence-electron chi connectivity index (χ3n) is 4.65. The van der Waals surface area contributed by atoms with Crippen LogP contribution < -0.4 is 5.32 Å². The van der Waals surface area contributed by atoms with Gasteiger partial charge in [-0.05, 0) is 18.1 Å². The summed E-state index contributed by atoms with van der Waals surface area (Å²) in [5.41, 5.74) is 1.79. The molecule has 3 heterocycles. The zero-order chi connectivity index (χ0) is 18.1. The van der Waals surface area contributed by atoms with Crippen LogP contribution in [0, 0.1) is 0 Å². The van der Waals surface area contributed by atoms with Gasteiger partial charge >= 0.3 is 0 Å². The summed E-state index contributed by atoms with van der Waals surface area (Å²) in [7, 11) is 0. The molecule has 2 aromatic rings. The summed E-state index contributed by atoms with van der Waals surface area (Å²) in [4.78, 5) is 32.6. The van der Waals surface area contributed by atoms with Crippen molar-refractivity contribution < 1.29 is 19.1 Å². The van der Waals surface area contributed by atoms with Crippen molar-refractivity contribution in [3.8, 4) is 0 Å². The Labute approximate surface area is 150 Å². The van der Waals surface area contributed by atoms with Gasteiger partial charge in [-0.25, -0.2) is 4.98 Å². The number of rotatable bonds is 3. The number of aliphatic hydroxyl groups is 1. The van der Waals surface area contributed by atoms with E-state index >= 15 is 0 Å². The van der Waals surface area contributed by atoms with Gasteiger partial charge in [0, 0.05) is 25.3 Å². The van der Waals surface area contributed by atoms with E-state index in [1.807, 2.05) is 29.2 Å². The predicted molar refractivity (Wildman–Crippen MR) is 92.2 cm³/mol. The van der Waals surface area contributed by atoms with Crippen molar-refractivity contribution in [2.24, 2.45) is 0 Å². The van der Waals surface area contributed by atoms with Crippen molar-refractivity contribution in [2.75, 3.05) is 25.0 Å². The fourth-order valence-electron chi connectivity index (χ4n) is 3.34. The van der Waals surface area contributed by atoms with Gasteiger partial charge in [-0.3, -0.25) is 14.5 Å². The summed E-state index contributed by atoms with van der Waals surface area (Å²) < 4.78 is 5.42. The second-order valence-corrected chi connectivity index (χ2v) is 6.67. The van der Waals surface area contributed by atoms with Crippen LogP contribution in [0.1, 0.15) is 28.4 Å². The van der Waals surface area contributed by atoms with Crippen molar-refractivity contribution in [1.29, 1.82) is 0 Å². The van der Waals surface area contributed by atoms with Crippen LogP contribution >= 0.6 is 0 Å². The molecule has 1 fully saturated rings. The average Bonchev–Trinajstić information content (AvgIpc) is 3.20. The Bertz CT molecular complexity index is 834. The number of fused-ring (bicyclic) bond motifs is 1. The van der Waals surface area contributed by atoms with Crippen molar-refractivity contribution in [3.63, 3.8) is 0 Å². The van der Waals surface area contributed by atoms with E-state index in [2.05, 4.69) is 10.3 Å². The van der Waals surface area contributed by atoms with E-state index in [9.17, 15) is 14.7 Å². The molecule has 2 aliphatic rings. The molecule has 0 aliphatic carbocycles. The zero-order valence-corrected chi connectivity index (χ0v) is 14.2. The summed E-state index contributed by atoms with van der Waals surface area (Å²) in [5, 5.41) is 12.4. The lowest BCUT2D eigenvalue weighted by molar-refractivity contribution is -0.116. The van der Waals surface area contributed by atoms with Crippen molar-refractivity contribution in [1.82, 2.24) is 14.8 Å². The van der Waals surface area contributed by atoms with Crippen molar-refractivity contribution in [3.05, 3.63) is 47.7 Å². The van der Waals surface area contributed by atoms with Gasteiger partial charge in [0.15, 0.2) is 5.69 Å². The molecule has 4 rings (SSSR count). The number of carbonyl (C=O) groups excluding carboxylic acids is 2. The number of para-hydroxylation sites is 1. The molecule has 136 valence electrons. The Morgan fingerprint density at radius 2 is 2.19 bits per heavy atom. The fourth-order valence-corrected chi connectivity index (χ4v) is 3.34. The molecule has 26 heavy (non-hydrogen) atoms. The maximum Gasteiger partial charge on any atom is 0.276 e. The number of amides is 2. The number of hydrogen-bond acceptors (Lipinski definition) is 6. The van der Waals surface area contributed by atoms with E-state index in [4.69, 9.17) is 4.42 Å². The molecule has 8 nitrogen and oxygen atoms in total. The first-order valence-electron chi connectivity index (χ1n) is 8.60. The van der Waals surface area contributed by atoms with E-state index in [0.29, 0.717) is 25.5 Å². The number of aliphatic hydroxyl groups excluding tert-OH is 1. The minimum Gasteiger partial charge on any atom is -0.447 e. The van der Waals surface area contributed by atoms with Gasteiger partial charge < -0.3 is 19.7 Å². The average molecular weight is 356 g/mol. The number of nitrogens with one attached hydrogen (secondary N) is 1. The van der Waals surface area contributed by atoms with Crippen LogP contribution in [0.5, 0.6) is 0 Å². The predicted octanol–water partition coefficient (Wildman–Crippen LogP) is 0.836. The fraction of sp³-hybridized carbons (Fsp3) is 0.389. The van der Waals surface area contributed by atoms with Crippen LogP contribution in [0.4, 0.5) is 5.69 Å². The summed E-state index contributed by atoms with van der Waals surface area (Å²) >= 11 is 0. The van der Waals surface area contributed by atoms with Crippen LogP contribution in [0.3, 0.4) is 0 Å². The Hall–Kier alpha value is -2.71. The highest BCUT2D eigenvalue weighted by Gasteiger charge is 2.27. The molecule has 1 aromatic carbocycles. The van der Waals surface area contributed by atoms with Crippen molar-refractivity contribution >= 4 is 17.5 Å². The normalized spacial score (nSPS) is 20.6. The van der Waals surface area contributed by atoms with Crippen LogP contribution in [-0.4, -0.2) is 57.4 Å². The van der Waals surface area contributed by atoms with Gasteiger partial charge in [-0.15, -0.1) is 0 Å². The second kappa shape index (κ2) is 6.89. The number of oxazole rings is 1. The van der Waals surface area contributed by atoms with E-state index in [1.54, 1.807) is 0 Å². The summed E-state index contributed by atoms with van der Waals surface area (Å²) in [6, 6.07) is 7.42. The molecule has 1 atom stereocenters. The lowest BCUT2D eigenvalue weighted by Crippen LogP contribution is -2.35. The highest BCUT2D eigenvalue weighted by Crippen LogP contribution is 2.21. The highest BCUT2D eigenvalue weighted by molar-refractivity contribution is 5.99. The van der Waals surface area contributed by atoms with E-state index in [1.165, 1.54) is 11.2 Å². The first kappa shape index (κ1) is 16.7. The second-order valence-electron chi connectivity index (χ2n) is 6.67. The number of aromatic nitrogens is 1. The first-order valence-corrected chi connectivity index (χ1v) is 8.60. The van der Waals surface area contributed by atoms with E-state index < -0.39 is 0 Å². The monoisotopic (exact) mass is 356 g/mol. The molecule has 8 heteroatoms. The quantitative estimate of drug-likeness (QED) is 0.845. The van der Waals surface area contributed by atoms with Crippen LogP contribution in [0.25, 0.3) is 0 Å². The smallest absolute Gasteiger partial charge is 0.276 e. The van der Waals surface area contributed by atoms with Crippen LogP contribution in [0.2, 0.25) is 0 Å². The topological polar surface area (TPSA) is 98.9 Å². The summed E-state index contributed by atoms with van der Waals surface area (Å²) in [6.07, 6.45) is 1.75. The molecular formula is C18H20N4O4. The number of likely N-dealkylation sites (tertiary alicyclic amines) is 1. The number of benzene rings is 1. The lowest BCUT2D eigenvalue weighted by Gasteiger charge is -2.18. The Balaban J connectivity index is 1.48. The van der Waals surface area contributed by atoms with Crippen LogP contribution in [0.15, 0.2) is 34.9 Å². The SMILES string of the molecule is O=C1CN(C(=O)c2coc(CN3CC[C@H](O)C3)n2)Cc2ccccc2N1. The Kier molecular flexibility index (Phi) is 4.44. The van der Waals surface area contributed by atoms with Gasteiger partial charge in [0.2, 0.25) is 11.8 Å². The first-order chi connectivity index (χ1) is 12.6. The molecule has 0 bridgehead atoms. The molecule has 0 spiro atoms. The number of nitrogens with zero attached hydrogens (tertiary/aromatic N) is 3. The van der Waals surface area contributed by atoms with Gasteiger partial charge in [0.05, 0.1) is 12.6 Å². The zero-order valence-electron chi connectivity index (χ0n) is 14.2. The van der Waals surface area contributed by atoms with Crippen molar-refractivity contribution in [2.45, 2.75) is 25.6 Å². The van der Waals surface area contributed by atoms with Crippen LogP contribution in [-0.2, 0) is 17.9 Å². The molecule has 2 aliphatic heterocycles. The maximum absolute atomic E-state index is 12.8. The largest absolute Gasteiger partial charge is 0.447 e. The number of β-amino-alcohol motifs (C(OH)–C–C–N with tert-alkyl or cyclic N) is 1. The molecule has 0 unspecified atom stereocenters. The standard InChI is InChI=1S/C18H20N4O4/c23-13-5-6-21(8-13)10-17-20-15(11-26-17)18(25)22-7-12-3-1-2-4-14(12)19-16(24)9-22/h1-4,11,13,23H,5-10H2,(H,19,24)/t13-/m0/s1. The van der Waals surface area contributed by atoms with Gasteiger partial charge in [0.1, 0.15) is 12.8 Å². The third-order valence-corrected chi connectivity index (χ3v) is 4.65. The maximum atomic E-state index is 12.8. The third kappa shape index (κ3) is 3.47. The lowest BCUT2D eigenvalue weighted by atomic mass is 10.1. The minimum atomic E-state index is -0.340. The molecule has 2 N–H and O–H groups in total. The number of anilines is 1. The highest BCUT2D eigenvalue weighted by atomic mass is 16.3. The summed E-state index contributed by atoms with van der Waals surface area (Å²) in [5.74, 6) is -0.145. The minimum absolute atomic E-state index is 0.0337. The number of hydrogen-bond donors (Lipinski definition) is 2. The molecule has 0 radical (unpaired) electrons. The molecule has 1 saturated heterocycles. The molecule has 0 saturated carbocycles. The molecule has 2 amide bonds. The van der Waals surface area contributed by atoms with Gasteiger partial charge in [0.25, 0.3) is 5.91 Å². The number of carbonyl (C=O) groups is 2. The molecule has 1 aromatic heterocycles. The Morgan fingerprint density at radius 1 is 1.35 bits per heavy atom.